The van der Waals surface area contributed by atoms with Gasteiger partial charge in [0.1, 0.15) is 0 Å². The Balaban J connectivity index is 1.55. The van der Waals surface area contributed by atoms with Crippen molar-refractivity contribution in [2.45, 2.75) is 44.3 Å². The first-order valence-electron chi connectivity index (χ1n) is 6.38. The molecule has 86 valence electrons. The van der Waals surface area contributed by atoms with Gasteiger partial charge >= 0.3 is 0 Å². The average molecular weight is 210 g/mol. The van der Waals surface area contributed by atoms with E-state index in [-0.39, 0.29) is 0 Å². The maximum Gasteiger partial charge on any atom is 0.0707 e. The second-order valence-electron chi connectivity index (χ2n) is 5.69. The minimum absolute atomic E-state index is 0.539. The maximum absolute atomic E-state index is 5.86. The van der Waals surface area contributed by atoms with E-state index in [0.717, 1.165) is 6.54 Å². The van der Waals surface area contributed by atoms with Crippen LogP contribution in [0.2, 0.25) is 0 Å². The van der Waals surface area contributed by atoms with Crippen LogP contribution in [0, 0.1) is 5.41 Å². The van der Waals surface area contributed by atoms with E-state index in [4.69, 9.17) is 10.5 Å². The van der Waals surface area contributed by atoms with Crippen LogP contribution in [0.1, 0.15) is 32.1 Å². The highest BCUT2D eigenvalue weighted by Crippen LogP contribution is 2.49. The fraction of sp³-hybridized carbons (Fsp3) is 1.00. The molecule has 15 heavy (non-hydrogen) atoms. The summed E-state index contributed by atoms with van der Waals surface area (Å²) in [6, 6.07) is 0. The molecule has 2 atom stereocenters. The molecule has 3 aliphatic rings. The predicted molar refractivity (Wildman–Crippen MR) is 59.7 cm³/mol. The standard InChI is InChI=1S/C12H22N2O/c13-6-5-12(3-4-12)9-14-7-10-1-2-11(8-14)15-10/h10-11H,1-9,13H2. The molecule has 2 saturated heterocycles. The number of nitrogens with two attached hydrogens (primary N) is 1. The summed E-state index contributed by atoms with van der Waals surface area (Å²) in [4.78, 5) is 2.63. The fourth-order valence-corrected chi connectivity index (χ4v) is 3.27. The number of hydrogen-bond acceptors (Lipinski definition) is 3. The van der Waals surface area contributed by atoms with Crippen LogP contribution in [0.15, 0.2) is 0 Å². The molecule has 2 bridgehead atoms. The number of hydrogen-bond donors (Lipinski definition) is 1. The molecule has 3 heteroatoms. The number of ether oxygens (including phenoxy) is 1. The molecule has 0 aromatic carbocycles. The Labute approximate surface area is 91.9 Å². The lowest BCUT2D eigenvalue weighted by molar-refractivity contribution is -0.0441. The zero-order valence-corrected chi connectivity index (χ0v) is 9.45. The first kappa shape index (κ1) is 10.1. The molecule has 0 spiro atoms. The van der Waals surface area contributed by atoms with E-state index in [1.54, 1.807) is 0 Å². The van der Waals surface area contributed by atoms with Crippen molar-refractivity contribution in [1.82, 2.24) is 4.90 Å². The van der Waals surface area contributed by atoms with Crippen LogP contribution < -0.4 is 5.73 Å². The van der Waals surface area contributed by atoms with E-state index >= 15 is 0 Å². The fourth-order valence-electron chi connectivity index (χ4n) is 3.27. The monoisotopic (exact) mass is 210 g/mol. The predicted octanol–water partition coefficient (Wildman–Crippen LogP) is 0.979. The Hall–Kier alpha value is -0.120. The number of likely N-dealkylation sites (tertiary alicyclic amines) is 1. The van der Waals surface area contributed by atoms with Crippen molar-refractivity contribution in [1.29, 1.82) is 0 Å². The lowest BCUT2D eigenvalue weighted by Gasteiger charge is -2.34. The molecule has 0 amide bonds. The van der Waals surface area contributed by atoms with Gasteiger partial charge in [-0.15, -0.1) is 0 Å². The van der Waals surface area contributed by atoms with Crippen molar-refractivity contribution < 1.29 is 4.74 Å². The molecule has 0 radical (unpaired) electrons. The number of fused-ring (bicyclic) bond motifs is 2. The summed E-state index contributed by atoms with van der Waals surface area (Å²) in [7, 11) is 0. The Morgan fingerprint density at radius 1 is 1.20 bits per heavy atom. The van der Waals surface area contributed by atoms with Crippen molar-refractivity contribution >= 4 is 0 Å². The summed E-state index contributed by atoms with van der Waals surface area (Å²) < 4.78 is 5.86. The summed E-state index contributed by atoms with van der Waals surface area (Å²) in [6.07, 6.45) is 7.67. The first-order valence-corrected chi connectivity index (χ1v) is 6.38. The molecular formula is C12H22N2O. The van der Waals surface area contributed by atoms with Crippen molar-refractivity contribution in [3.63, 3.8) is 0 Å². The number of morpholine rings is 1. The van der Waals surface area contributed by atoms with Gasteiger partial charge in [-0.2, -0.15) is 0 Å². The molecule has 3 nitrogen and oxygen atoms in total. The summed E-state index contributed by atoms with van der Waals surface area (Å²) in [5.41, 5.74) is 6.29. The molecule has 2 N–H and O–H groups in total. The number of rotatable bonds is 4. The van der Waals surface area contributed by atoms with Crippen molar-refractivity contribution in [3.8, 4) is 0 Å². The zero-order chi connectivity index (χ0) is 10.3. The Kier molecular flexibility index (Phi) is 2.49. The van der Waals surface area contributed by atoms with E-state index in [1.165, 1.54) is 51.7 Å². The third kappa shape index (κ3) is 2.05. The summed E-state index contributed by atoms with van der Waals surface area (Å²) in [5.74, 6) is 0. The molecule has 0 aromatic heterocycles. The third-order valence-corrected chi connectivity index (χ3v) is 4.31. The van der Waals surface area contributed by atoms with Crippen LogP contribution in [0.5, 0.6) is 0 Å². The summed E-state index contributed by atoms with van der Waals surface area (Å²) in [6.45, 7) is 4.48. The van der Waals surface area contributed by atoms with Crippen LogP contribution in [0.3, 0.4) is 0 Å². The largest absolute Gasteiger partial charge is 0.372 e. The quantitative estimate of drug-likeness (QED) is 0.751. The van der Waals surface area contributed by atoms with Gasteiger partial charge in [-0.05, 0) is 44.1 Å². The van der Waals surface area contributed by atoms with Crippen LogP contribution in [-0.2, 0) is 4.74 Å². The summed E-state index contributed by atoms with van der Waals surface area (Å²) in [5, 5.41) is 0. The van der Waals surface area contributed by atoms with E-state index in [9.17, 15) is 0 Å². The average Bonchev–Trinajstić information content (AvgIpc) is 2.87. The molecule has 3 rings (SSSR count). The van der Waals surface area contributed by atoms with Gasteiger partial charge < -0.3 is 10.5 Å². The van der Waals surface area contributed by atoms with Crippen molar-refractivity contribution in [2.24, 2.45) is 11.1 Å². The minimum Gasteiger partial charge on any atom is -0.372 e. The van der Waals surface area contributed by atoms with E-state index in [1.807, 2.05) is 0 Å². The Morgan fingerprint density at radius 2 is 1.87 bits per heavy atom. The van der Waals surface area contributed by atoms with Gasteiger partial charge in [0.25, 0.3) is 0 Å². The van der Waals surface area contributed by atoms with Crippen molar-refractivity contribution in [3.05, 3.63) is 0 Å². The SMILES string of the molecule is NCCC1(CN2CC3CCC(C2)O3)CC1. The Morgan fingerprint density at radius 3 is 2.40 bits per heavy atom. The highest BCUT2D eigenvalue weighted by molar-refractivity contribution is 4.97. The lowest BCUT2D eigenvalue weighted by atomic mass is 10.0. The molecule has 1 saturated carbocycles. The van der Waals surface area contributed by atoms with Gasteiger partial charge in [0.15, 0.2) is 0 Å². The van der Waals surface area contributed by atoms with E-state index in [2.05, 4.69) is 4.90 Å². The molecule has 1 aliphatic carbocycles. The van der Waals surface area contributed by atoms with Gasteiger partial charge in [-0.3, -0.25) is 4.90 Å². The van der Waals surface area contributed by atoms with E-state index < -0.39 is 0 Å². The molecule has 2 heterocycles. The van der Waals surface area contributed by atoms with Crippen LogP contribution >= 0.6 is 0 Å². The zero-order valence-electron chi connectivity index (χ0n) is 9.45. The Bertz CT molecular complexity index is 228. The third-order valence-electron chi connectivity index (χ3n) is 4.31. The van der Waals surface area contributed by atoms with Gasteiger partial charge in [-0.1, -0.05) is 0 Å². The smallest absolute Gasteiger partial charge is 0.0707 e. The van der Waals surface area contributed by atoms with Crippen molar-refractivity contribution in [2.75, 3.05) is 26.2 Å². The van der Waals surface area contributed by atoms with E-state index in [0.29, 0.717) is 17.6 Å². The van der Waals surface area contributed by atoms with Gasteiger partial charge in [0, 0.05) is 19.6 Å². The highest BCUT2D eigenvalue weighted by atomic mass is 16.5. The minimum atomic E-state index is 0.539. The molecule has 0 aromatic rings. The second kappa shape index (κ2) is 3.72. The van der Waals surface area contributed by atoms with Gasteiger partial charge in [0.2, 0.25) is 0 Å². The number of nitrogens with zero attached hydrogens (tertiary/aromatic N) is 1. The first-order chi connectivity index (χ1) is 7.30. The second-order valence-corrected chi connectivity index (χ2v) is 5.69. The van der Waals surface area contributed by atoms with Crippen LogP contribution in [0.25, 0.3) is 0 Å². The molecular weight excluding hydrogens is 188 g/mol. The van der Waals surface area contributed by atoms with Crippen LogP contribution in [0.4, 0.5) is 0 Å². The molecule has 2 unspecified atom stereocenters. The highest BCUT2D eigenvalue weighted by Gasteiger charge is 2.45. The lowest BCUT2D eigenvalue weighted by Crippen LogP contribution is -2.45. The molecule has 3 fully saturated rings. The van der Waals surface area contributed by atoms with Gasteiger partial charge in [-0.25, -0.2) is 0 Å². The summed E-state index contributed by atoms with van der Waals surface area (Å²) >= 11 is 0. The van der Waals surface area contributed by atoms with Crippen LogP contribution in [-0.4, -0.2) is 43.3 Å². The normalized spacial score (nSPS) is 38.2. The molecule has 2 aliphatic heterocycles. The topological polar surface area (TPSA) is 38.5 Å². The maximum atomic E-state index is 5.86. The van der Waals surface area contributed by atoms with Gasteiger partial charge in [0.05, 0.1) is 12.2 Å².